The average molecular weight is 408 g/mol. The van der Waals surface area contributed by atoms with Crippen LogP contribution < -0.4 is 10.6 Å². The maximum Gasteiger partial charge on any atom is 0.191 e. The molecule has 0 saturated carbocycles. The molecule has 1 unspecified atom stereocenters. The van der Waals surface area contributed by atoms with Crippen molar-refractivity contribution in [1.82, 2.24) is 20.4 Å². The number of benzene rings is 2. The van der Waals surface area contributed by atoms with Crippen LogP contribution in [0.5, 0.6) is 0 Å². The van der Waals surface area contributed by atoms with Crippen LogP contribution >= 0.6 is 0 Å². The number of nitrogens with zero attached hydrogens (tertiary/aromatic N) is 3. The van der Waals surface area contributed by atoms with Crippen molar-refractivity contribution in [3.63, 3.8) is 0 Å². The molecule has 2 aromatic rings. The topological polar surface area (TPSA) is 42.9 Å². The summed E-state index contributed by atoms with van der Waals surface area (Å²) in [6.07, 6.45) is 2.30. The van der Waals surface area contributed by atoms with Gasteiger partial charge in [-0.25, -0.2) is 0 Å². The van der Waals surface area contributed by atoms with Crippen molar-refractivity contribution in [1.29, 1.82) is 0 Å². The highest BCUT2D eigenvalue weighted by atomic mass is 15.2. The van der Waals surface area contributed by atoms with Crippen LogP contribution in [0.25, 0.3) is 0 Å². The van der Waals surface area contributed by atoms with Crippen LogP contribution in [0, 0.1) is 0 Å². The SMILES string of the molecule is CN=C(NCC(C)N(C)Cc1ccccc1)NC1CCN(Cc2ccccc2)CC1. The van der Waals surface area contributed by atoms with Crippen LogP contribution in [-0.4, -0.2) is 61.6 Å². The second-order valence-electron chi connectivity index (χ2n) is 8.38. The standard InChI is InChI=1S/C25H37N5/c1-21(29(3)19-22-10-6-4-7-11-22)18-27-25(26-2)28-24-14-16-30(17-15-24)20-23-12-8-5-9-13-23/h4-13,21,24H,14-20H2,1-3H3,(H2,26,27,28). The highest BCUT2D eigenvalue weighted by molar-refractivity contribution is 5.80. The van der Waals surface area contributed by atoms with Crippen LogP contribution in [0.1, 0.15) is 30.9 Å². The van der Waals surface area contributed by atoms with Gasteiger partial charge < -0.3 is 10.6 Å². The summed E-state index contributed by atoms with van der Waals surface area (Å²) in [5, 5.41) is 7.15. The highest BCUT2D eigenvalue weighted by Gasteiger charge is 2.20. The van der Waals surface area contributed by atoms with Gasteiger partial charge in [-0.15, -0.1) is 0 Å². The Labute approximate surface area is 182 Å². The molecule has 1 aliphatic heterocycles. The van der Waals surface area contributed by atoms with Crippen molar-refractivity contribution in [2.75, 3.05) is 33.7 Å². The summed E-state index contributed by atoms with van der Waals surface area (Å²) in [6.45, 7) is 7.38. The van der Waals surface area contributed by atoms with Gasteiger partial charge in [0.15, 0.2) is 5.96 Å². The summed E-state index contributed by atoms with van der Waals surface area (Å²) < 4.78 is 0. The number of aliphatic imine (C=N–C) groups is 1. The highest BCUT2D eigenvalue weighted by Crippen LogP contribution is 2.14. The molecule has 5 nitrogen and oxygen atoms in total. The molecule has 0 bridgehead atoms. The number of rotatable bonds is 8. The lowest BCUT2D eigenvalue weighted by Crippen LogP contribution is -2.50. The first-order valence-electron chi connectivity index (χ1n) is 11.1. The van der Waals surface area contributed by atoms with E-state index in [9.17, 15) is 0 Å². The predicted molar refractivity (Wildman–Crippen MR) is 127 cm³/mol. The quantitative estimate of drug-likeness (QED) is 0.520. The molecule has 3 rings (SSSR count). The van der Waals surface area contributed by atoms with Gasteiger partial charge in [-0.2, -0.15) is 0 Å². The third-order valence-corrected chi connectivity index (χ3v) is 5.99. The van der Waals surface area contributed by atoms with Crippen LogP contribution in [-0.2, 0) is 13.1 Å². The lowest BCUT2D eigenvalue weighted by atomic mass is 10.0. The molecule has 5 heteroatoms. The van der Waals surface area contributed by atoms with E-state index in [2.05, 4.69) is 100 Å². The lowest BCUT2D eigenvalue weighted by Gasteiger charge is -2.33. The fourth-order valence-electron chi connectivity index (χ4n) is 3.89. The van der Waals surface area contributed by atoms with Gasteiger partial charge >= 0.3 is 0 Å². The minimum Gasteiger partial charge on any atom is -0.355 e. The summed E-state index contributed by atoms with van der Waals surface area (Å²) in [6, 6.07) is 22.3. The molecule has 2 aromatic carbocycles. The van der Waals surface area contributed by atoms with E-state index in [1.54, 1.807) is 0 Å². The van der Waals surface area contributed by atoms with Crippen molar-refractivity contribution in [2.45, 2.75) is 44.9 Å². The summed E-state index contributed by atoms with van der Waals surface area (Å²) in [7, 11) is 4.04. The number of nitrogens with one attached hydrogen (secondary N) is 2. The van der Waals surface area contributed by atoms with Gasteiger partial charge in [0.2, 0.25) is 0 Å². The van der Waals surface area contributed by atoms with Crippen molar-refractivity contribution < 1.29 is 0 Å². The van der Waals surface area contributed by atoms with Gasteiger partial charge in [-0.05, 0) is 37.9 Å². The molecule has 1 aliphatic rings. The number of piperidine rings is 1. The van der Waals surface area contributed by atoms with Gasteiger partial charge in [-0.3, -0.25) is 14.8 Å². The zero-order valence-corrected chi connectivity index (χ0v) is 18.7. The van der Waals surface area contributed by atoms with Crippen LogP contribution in [0.2, 0.25) is 0 Å². The van der Waals surface area contributed by atoms with Crippen LogP contribution in [0.15, 0.2) is 65.7 Å². The molecular formula is C25H37N5. The molecule has 1 fully saturated rings. The number of guanidine groups is 1. The van der Waals surface area contributed by atoms with Gasteiger partial charge in [0.25, 0.3) is 0 Å². The van der Waals surface area contributed by atoms with Crippen LogP contribution in [0.4, 0.5) is 0 Å². The van der Waals surface area contributed by atoms with E-state index in [4.69, 9.17) is 0 Å². The molecule has 0 radical (unpaired) electrons. The van der Waals surface area contributed by atoms with Crippen molar-refractivity contribution in [3.8, 4) is 0 Å². The Bertz CT molecular complexity index is 754. The molecule has 1 atom stereocenters. The first kappa shape index (κ1) is 22.3. The fraction of sp³-hybridized carbons (Fsp3) is 0.480. The fourth-order valence-corrected chi connectivity index (χ4v) is 3.89. The van der Waals surface area contributed by atoms with Gasteiger partial charge in [0.05, 0.1) is 0 Å². The summed E-state index contributed by atoms with van der Waals surface area (Å²) in [5.41, 5.74) is 2.74. The predicted octanol–water partition coefficient (Wildman–Crippen LogP) is 3.34. The maximum atomic E-state index is 4.45. The van der Waals surface area contributed by atoms with E-state index >= 15 is 0 Å². The number of likely N-dealkylation sites (N-methyl/N-ethyl adjacent to an activating group) is 1. The third kappa shape index (κ3) is 7.15. The first-order chi connectivity index (χ1) is 14.6. The van der Waals surface area contributed by atoms with E-state index in [1.165, 1.54) is 11.1 Å². The van der Waals surface area contributed by atoms with E-state index in [0.717, 1.165) is 51.5 Å². The molecule has 2 N–H and O–H groups in total. The Balaban J connectivity index is 1.37. The van der Waals surface area contributed by atoms with Gasteiger partial charge in [0.1, 0.15) is 0 Å². The minimum atomic E-state index is 0.413. The zero-order chi connectivity index (χ0) is 21.2. The largest absolute Gasteiger partial charge is 0.355 e. The van der Waals surface area contributed by atoms with Crippen molar-refractivity contribution in [2.24, 2.45) is 4.99 Å². The Hall–Kier alpha value is -2.37. The van der Waals surface area contributed by atoms with Gasteiger partial charge in [0, 0.05) is 51.9 Å². The molecule has 162 valence electrons. The second-order valence-corrected chi connectivity index (χ2v) is 8.38. The summed E-state index contributed by atoms with van der Waals surface area (Å²) in [5.74, 6) is 0.913. The molecule has 0 aliphatic carbocycles. The monoisotopic (exact) mass is 407 g/mol. The molecule has 30 heavy (non-hydrogen) atoms. The smallest absolute Gasteiger partial charge is 0.191 e. The van der Waals surface area contributed by atoms with E-state index in [1.807, 2.05) is 7.05 Å². The molecule has 1 saturated heterocycles. The summed E-state index contributed by atoms with van der Waals surface area (Å²) in [4.78, 5) is 9.37. The third-order valence-electron chi connectivity index (χ3n) is 5.99. The van der Waals surface area contributed by atoms with Crippen molar-refractivity contribution in [3.05, 3.63) is 71.8 Å². The normalized spacial score (nSPS) is 17.1. The Morgan fingerprint density at radius 1 is 1.03 bits per heavy atom. The molecule has 0 aromatic heterocycles. The number of hydrogen-bond acceptors (Lipinski definition) is 3. The van der Waals surface area contributed by atoms with E-state index in [-0.39, 0.29) is 0 Å². The molecule has 1 heterocycles. The average Bonchev–Trinajstić information content (AvgIpc) is 2.79. The first-order valence-corrected chi connectivity index (χ1v) is 11.1. The molecular weight excluding hydrogens is 370 g/mol. The minimum absolute atomic E-state index is 0.413. The lowest BCUT2D eigenvalue weighted by molar-refractivity contribution is 0.198. The Kier molecular flexibility index (Phi) is 8.72. The Morgan fingerprint density at radius 2 is 1.63 bits per heavy atom. The van der Waals surface area contributed by atoms with Crippen molar-refractivity contribution >= 4 is 5.96 Å². The van der Waals surface area contributed by atoms with Crippen LogP contribution in [0.3, 0.4) is 0 Å². The Morgan fingerprint density at radius 3 is 2.23 bits per heavy atom. The molecule has 0 spiro atoms. The van der Waals surface area contributed by atoms with E-state index < -0.39 is 0 Å². The molecule has 0 amide bonds. The number of hydrogen-bond donors (Lipinski definition) is 2. The maximum absolute atomic E-state index is 4.45. The zero-order valence-electron chi connectivity index (χ0n) is 18.7. The van der Waals surface area contributed by atoms with E-state index in [0.29, 0.717) is 12.1 Å². The second kappa shape index (κ2) is 11.7. The number of likely N-dealkylation sites (tertiary alicyclic amines) is 1. The summed E-state index contributed by atoms with van der Waals surface area (Å²) >= 11 is 0. The van der Waals surface area contributed by atoms with Gasteiger partial charge in [-0.1, -0.05) is 60.7 Å².